The van der Waals surface area contributed by atoms with Crippen LogP contribution in [-0.2, 0) is 11.0 Å². The Labute approximate surface area is 83.3 Å². The van der Waals surface area contributed by atoms with Gasteiger partial charge in [-0.05, 0) is 19.6 Å². The maximum Gasteiger partial charge on any atom is 0.226 e. The third kappa shape index (κ3) is 3.35. The second kappa shape index (κ2) is 3.98. The van der Waals surface area contributed by atoms with Crippen molar-refractivity contribution in [2.24, 2.45) is 0 Å². The highest BCUT2D eigenvalue weighted by Gasteiger charge is 2.14. The molecule has 0 saturated heterocycles. The molecular weight excluding hydrogens is 200 g/mol. The molecule has 0 saturated carbocycles. The van der Waals surface area contributed by atoms with Crippen LogP contribution in [0.4, 0.5) is 0 Å². The van der Waals surface area contributed by atoms with Crippen LogP contribution in [0.1, 0.15) is 5.76 Å². The van der Waals surface area contributed by atoms with Crippen LogP contribution in [0.3, 0.4) is 0 Å². The Morgan fingerprint density at radius 1 is 1.50 bits per heavy atom. The lowest BCUT2D eigenvalue weighted by atomic mass is 10.4. The summed E-state index contributed by atoms with van der Waals surface area (Å²) in [7, 11) is -1.60. The Balaban J connectivity index is 2.70. The summed E-state index contributed by atoms with van der Waals surface area (Å²) in [6.07, 6.45) is 1.03. The maximum absolute atomic E-state index is 11.0. The monoisotopic (exact) mass is 214 g/mol. The van der Waals surface area contributed by atoms with Gasteiger partial charge in [0.05, 0.1) is 6.61 Å². The number of aromatic hydroxyl groups is 1. The third-order valence-corrected chi connectivity index (χ3v) is 2.52. The zero-order valence-corrected chi connectivity index (χ0v) is 9.53. The van der Waals surface area contributed by atoms with E-state index in [0.29, 0.717) is 5.76 Å². The lowest BCUT2D eigenvalue weighted by Crippen LogP contribution is -2.25. The Hall–Kier alpha value is -1.07. The van der Waals surface area contributed by atoms with Gasteiger partial charge in [-0.2, -0.15) is 0 Å². The molecule has 0 aliphatic rings. The van der Waals surface area contributed by atoms with Crippen LogP contribution in [0.5, 0.6) is 5.75 Å². The first-order valence-corrected chi connectivity index (χ1v) is 7.74. The highest BCUT2D eigenvalue weighted by molar-refractivity contribution is 6.69. The maximum atomic E-state index is 11.0. The van der Waals surface area contributed by atoms with E-state index in [4.69, 9.17) is 13.9 Å². The first kappa shape index (κ1) is 11.0. The summed E-state index contributed by atoms with van der Waals surface area (Å²) in [5.74, 6) is 0.0666. The van der Waals surface area contributed by atoms with Crippen LogP contribution in [0.2, 0.25) is 19.6 Å². The minimum absolute atomic E-state index is 0.283. The molecule has 0 atom stereocenters. The molecule has 0 spiro atoms. The van der Waals surface area contributed by atoms with Crippen LogP contribution in [0, 0.1) is 0 Å². The number of hydrogen-bond donors (Lipinski definition) is 1. The van der Waals surface area contributed by atoms with Gasteiger partial charge in [-0.3, -0.25) is 4.79 Å². The smallest absolute Gasteiger partial charge is 0.226 e. The molecule has 1 N–H and O–H groups in total. The summed E-state index contributed by atoms with van der Waals surface area (Å²) in [5, 5.41) is 8.93. The molecule has 0 amide bonds. The van der Waals surface area contributed by atoms with E-state index in [1.807, 2.05) is 19.6 Å². The fourth-order valence-electron chi connectivity index (χ4n) is 0.807. The minimum atomic E-state index is -1.60. The van der Waals surface area contributed by atoms with E-state index in [0.717, 1.165) is 6.26 Å². The van der Waals surface area contributed by atoms with Crippen LogP contribution in [-0.4, -0.2) is 13.4 Å². The summed E-state index contributed by atoms with van der Waals surface area (Å²) < 4.78 is 10.5. The fraction of sp³-hybridized carbons (Fsp3) is 0.444. The van der Waals surface area contributed by atoms with E-state index < -0.39 is 13.7 Å². The first-order chi connectivity index (χ1) is 6.38. The Kier molecular flexibility index (Phi) is 3.12. The molecule has 14 heavy (non-hydrogen) atoms. The molecule has 0 aromatic carbocycles. The second-order valence-electron chi connectivity index (χ2n) is 4.00. The van der Waals surface area contributed by atoms with E-state index in [1.54, 1.807) is 0 Å². The van der Waals surface area contributed by atoms with Crippen LogP contribution < -0.4 is 5.43 Å². The predicted octanol–water partition coefficient (Wildman–Crippen LogP) is 1.70. The van der Waals surface area contributed by atoms with Crippen molar-refractivity contribution in [1.29, 1.82) is 0 Å². The van der Waals surface area contributed by atoms with Crippen molar-refractivity contribution in [1.82, 2.24) is 0 Å². The van der Waals surface area contributed by atoms with Gasteiger partial charge in [-0.25, -0.2) is 0 Å². The van der Waals surface area contributed by atoms with E-state index in [-0.39, 0.29) is 12.4 Å². The first-order valence-electron chi connectivity index (χ1n) is 4.33. The van der Waals surface area contributed by atoms with Crippen LogP contribution in [0.25, 0.3) is 0 Å². The molecule has 0 bridgehead atoms. The van der Waals surface area contributed by atoms with Gasteiger partial charge < -0.3 is 13.9 Å². The number of hydrogen-bond acceptors (Lipinski definition) is 4. The molecule has 0 radical (unpaired) electrons. The molecule has 1 aromatic heterocycles. The Bertz CT molecular complexity index is 364. The lowest BCUT2D eigenvalue weighted by molar-refractivity contribution is 0.257. The minimum Gasteiger partial charge on any atom is -0.502 e. The zero-order chi connectivity index (χ0) is 10.8. The summed E-state index contributed by atoms with van der Waals surface area (Å²) >= 11 is 0. The summed E-state index contributed by atoms with van der Waals surface area (Å²) in [6, 6.07) is 1.25. The molecule has 0 unspecified atom stereocenters. The van der Waals surface area contributed by atoms with Crippen LogP contribution in [0.15, 0.2) is 21.5 Å². The second-order valence-corrected chi connectivity index (χ2v) is 8.51. The van der Waals surface area contributed by atoms with Crippen molar-refractivity contribution in [3.8, 4) is 5.75 Å². The SMILES string of the molecule is C[Si](C)(C)OCc1cc(=O)c(O)co1. The Morgan fingerprint density at radius 2 is 2.14 bits per heavy atom. The largest absolute Gasteiger partial charge is 0.502 e. The summed E-state index contributed by atoms with van der Waals surface area (Å²) in [5.41, 5.74) is -0.439. The molecule has 0 aliphatic carbocycles. The highest BCUT2D eigenvalue weighted by atomic mass is 28.4. The molecule has 5 heteroatoms. The van der Waals surface area contributed by atoms with Gasteiger partial charge in [0, 0.05) is 6.07 Å². The van der Waals surface area contributed by atoms with Gasteiger partial charge >= 0.3 is 0 Å². The molecule has 1 aromatic rings. The van der Waals surface area contributed by atoms with Gasteiger partial charge in [-0.1, -0.05) is 0 Å². The van der Waals surface area contributed by atoms with E-state index >= 15 is 0 Å². The van der Waals surface area contributed by atoms with Gasteiger partial charge in [0.25, 0.3) is 0 Å². The molecule has 78 valence electrons. The number of rotatable bonds is 3. The standard InChI is InChI=1S/C9H14O4Si/c1-14(2,3)13-5-7-4-8(10)9(11)6-12-7/h4,6,11H,5H2,1-3H3. The summed E-state index contributed by atoms with van der Waals surface area (Å²) in [6.45, 7) is 6.42. The van der Waals surface area contributed by atoms with Crippen molar-refractivity contribution in [3.05, 3.63) is 28.3 Å². The van der Waals surface area contributed by atoms with Gasteiger partial charge in [0.1, 0.15) is 12.0 Å². The van der Waals surface area contributed by atoms with E-state index in [2.05, 4.69) is 0 Å². The normalized spacial score (nSPS) is 11.6. The molecule has 0 fully saturated rings. The van der Waals surface area contributed by atoms with E-state index in [9.17, 15) is 4.79 Å². The van der Waals surface area contributed by atoms with Crippen molar-refractivity contribution in [2.45, 2.75) is 26.2 Å². The predicted molar refractivity (Wildman–Crippen MR) is 54.8 cm³/mol. The molecule has 1 heterocycles. The third-order valence-electron chi connectivity index (χ3n) is 1.51. The molecule has 4 nitrogen and oxygen atoms in total. The molecule has 1 rings (SSSR count). The fourth-order valence-corrected chi connectivity index (χ4v) is 1.38. The Morgan fingerprint density at radius 3 is 2.64 bits per heavy atom. The van der Waals surface area contributed by atoms with Crippen molar-refractivity contribution in [3.63, 3.8) is 0 Å². The summed E-state index contributed by atoms with van der Waals surface area (Å²) in [4.78, 5) is 11.0. The average Bonchev–Trinajstić information content (AvgIpc) is 2.06. The van der Waals surface area contributed by atoms with Crippen LogP contribution >= 0.6 is 0 Å². The quantitative estimate of drug-likeness (QED) is 0.778. The van der Waals surface area contributed by atoms with Gasteiger partial charge in [0.15, 0.2) is 14.1 Å². The van der Waals surface area contributed by atoms with Gasteiger partial charge in [0.2, 0.25) is 5.43 Å². The van der Waals surface area contributed by atoms with Crippen molar-refractivity contribution in [2.75, 3.05) is 0 Å². The zero-order valence-electron chi connectivity index (χ0n) is 8.53. The highest BCUT2D eigenvalue weighted by Crippen LogP contribution is 2.09. The lowest BCUT2D eigenvalue weighted by Gasteiger charge is -2.16. The average molecular weight is 214 g/mol. The van der Waals surface area contributed by atoms with Crippen molar-refractivity contribution >= 4 is 8.32 Å². The topological polar surface area (TPSA) is 59.7 Å². The van der Waals surface area contributed by atoms with Crippen molar-refractivity contribution < 1.29 is 13.9 Å². The van der Waals surface area contributed by atoms with E-state index in [1.165, 1.54) is 6.07 Å². The molecule has 0 aliphatic heterocycles. The van der Waals surface area contributed by atoms with Gasteiger partial charge in [-0.15, -0.1) is 0 Å². The molecular formula is C9H14O4Si.